The zero-order valence-corrected chi connectivity index (χ0v) is 11.2. The van der Waals surface area contributed by atoms with Crippen LogP contribution in [0.4, 0.5) is 5.82 Å². The first-order chi connectivity index (χ1) is 8.19. The topological polar surface area (TPSA) is 51.4 Å². The summed E-state index contributed by atoms with van der Waals surface area (Å²) in [5, 5.41) is 0. The van der Waals surface area contributed by atoms with Crippen LogP contribution in [0, 0.1) is 0 Å². The molecule has 0 fully saturated rings. The second-order valence-corrected chi connectivity index (χ2v) is 4.08. The van der Waals surface area contributed by atoms with Crippen molar-refractivity contribution in [3.05, 3.63) is 18.3 Å². The molecular weight excluding hydrogens is 234 g/mol. The molecule has 0 unspecified atom stereocenters. The average Bonchev–Trinajstić information content (AvgIpc) is 2.32. The molecule has 0 spiro atoms. The summed E-state index contributed by atoms with van der Waals surface area (Å²) in [6.07, 6.45) is 2.45. The van der Waals surface area contributed by atoms with E-state index in [0.29, 0.717) is 18.0 Å². The van der Waals surface area contributed by atoms with Crippen LogP contribution in [0.5, 0.6) is 5.75 Å². The number of hydrogen-bond acceptors (Lipinski definition) is 4. The maximum absolute atomic E-state index is 5.56. The third-order valence-corrected chi connectivity index (χ3v) is 2.56. The summed E-state index contributed by atoms with van der Waals surface area (Å²) >= 11 is 4.90. The molecule has 0 radical (unpaired) electrons. The highest BCUT2D eigenvalue weighted by Gasteiger charge is 2.11. The van der Waals surface area contributed by atoms with Gasteiger partial charge < -0.3 is 15.4 Å². The maximum atomic E-state index is 5.56. The molecule has 0 aliphatic heterocycles. The second kappa shape index (κ2) is 7.06. The predicted molar refractivity (Wildman–Crippen MR) is 74.7 cm³/mol. The van der Waals surface area contributed by atoms with E-state index in [9.17, 15) is 0 Å². The van der Waals surface area contributed by atoms with Gasteiger partial charge >= 0.3 is 0 Å². The first-order valence-electron chi connectivity index (χ1n) is 5.80. The van der Waals surface area contributed by atoms with E-state index in [-0.39, 0.29) is 0 Å². The Morgan fingerprint density at radius 2 is 2.29 bits per heavy atom. The molecule has 17 heavy (non-hydrogen) atoms. The third kappa shape index (κ3) is 4.19. The third-order valence-electron chi connectivity index (χ3n) is 2.36. The maximum Gasteiger partial charge on any atom is 0.171 e. The van der Waals surface area contributed by atoms with Crippen LogP contribution in [0.25, 0.3) is 0 Å². The van der Waals surface area contributed by atoms with Crippen LogP contribution in [0.1, 0.15) is 20.3 Å². The van der Waals surface area contributed by atoms with Gasteiger partial charge in [0.05, 0.1) is 11.6 Å². The lowest BCUT2D eigenvalue weighted by Crippen LogP contribution is -2.28. The quantitative estimate of drug-likeness (QED) is 0.753. The molecule has 0 bridgehead atoms. The highest BCUT2D eigenvalue weighted by Crippen LogP contribution is 2.25. The molecule has 1 heterocycles. The summed E-state index contributed by atoms with van der Waals surface area (Å²) in [6.45, 7) is 6.28. The van der Waals surface area contributed by atoms with Crippen LogP contribution in [0.2, 0.25) is 0 Å². The summed E-state index contributed by atoms with van der Waals surface area (Å²) in [5.41, 5.74) is 5.52. The van der Waals surface area contributed by atoms with E-state index in [1.54, 1.807) is 6.20 Å². The van der Waals surface area contributed by atoms with Crippen molar-refractivity contribution >= 4 is 23.0 Å². The molecule has 0 atom stereocenters. The Bertz CT molecular complexity index is 371. The first kappa shape index (κ1) is 13.7. The number of hydrogen-bond donors (Lipinski definition) is 1. The Kier molecular flexibility index (Phi) is 5.69. The van der Waals surface area contributed by atoms with Gasteiger partial charge in [-0.15, -0.1) is 0 Å². The van der Waals surface area contributed by atoms with Gasteiger partial charge in [0.2, 0.25) is 0 Å². The van der Waals surface area contributed by atoms with Crippen LogP contribution in [0.15, 0.2) is 18.3 Å². The monoisotopic (exact) mass is 253 g/mol. The first-order valence-corrected chi connectivity index (χ1v) is 6.20. The van der Waals surface area contributed by atoms with Crippen molar-refractivity contribution in [2.45, 2.75) is 20.3 Å². The van der Waals surface area contributed by atoms with Crippen LogP contribution >= 0.6 is 12.2 Å². The Morgan fingerprint density at radius 1 is 1.53 bits per heavy atom. The number of anilines is 1. The SMILES string of the molecule is CCOc1cccnc1N(CC)CCC(N)=S. The number of nitrogens with two attached hydrogens (primary N) is 1. The molecule has 0 saturated carbocycles. The summed E-state index contributed by atoms with van der Waals surface area (Å²) in [4.78, 5) is 7.00. The van der Waals surface area contributed by atoms with Gasteiger partial charge in [-0.05, 0) is 26.0 Å². The highest BCUT2D eigenvalue weighted by atomic mass is 32.1. The predicted octanol–water partition coefficient (Wildman–Crippen LogP) is 1.98. The molecular formula is C12H19N3OS. The van der Waals surface area contributed by atoms with Crippen molar-refractivity contribution in [3.63, 3.8) is 0 Å². The van der Waals surface area contributed by atoms with E-state index in [0.717, 1.165) is 24.7 Å². The van der Waals surface area contributed by atoms with Gasteiger partial charge in [0.25, 0.3) is 0 Å². The number of thiocarbonyl (C=S) groups is 1. The minimum Gasteiger partial charge on any atom is -0.490 e. The van der Waals surface area contributed by atoms with Gasteiger partial charge in [-0.3, -0.25) is 0 Å². The number of nitrogens with zero attached hydrogens (tertiary/aromatic N) is 2. The van der Waals surface area contributed by atoms with Gasteiger partial charge in [-0.2, -0.15) is 0 Å². The van der Waals surface area contributed by atoms with Crippen LogP contribution in [0.3, 0.4) is 0 Å². The van der Waals surface area contributed by atoms with Crippen molar-refractivity contribution in [1.82, 2.24) is 4.98 Å². The number of rotatable bonds is 7. The molecule has 1 aromatic rings. The van der Waals surface area contributed by atoms with Gasteiger partial charge in [-0.1, -0.05) is 12.2 Å². The van der Waals surface area contributed by atoms with Crippen LogP contribution < -0.4 is 15.4 Å². The molecule has 0 aliphatic rings. The van der Waals surface area contributed by atoms with Gasteiger partial charge in [-0.25, -0.2) is 4.98 Å². The van der Waals surface area contributed by atoms with Crippen LogP contribution in [-0.4, -0.2) is 29.7 Å². The van der Waals surface area contributed by atoms with Crippen molar-refractivity contribution < 1.29 is 4.74 Å². The zero-order chi connectivity index (χ0) is 12.7. The van der Waals surface area contributed by atoms with Crippen LogP contribution in [-0.2, 0) is 0 Å². The standard InChI is InChI=1S/C12H19N3OS/c1-3-15(9-7-11(13)17)12-10(16-4-2)6-5-8-14-12/h5-6,8H,3-4,7,9H2,1-2H3,(H2,13,17). The van der Waals surface area contributed by atoms with E-state index in [2.05, 4.69) is 16.8 Å². The minimum absolute atomic E-state index is 0.525. The molecule has 0 saturated heterocycles. The minimum atomic E-state index is 0.525. The van der Waals surface area contributed by atoms with Gasteiger partial charge in [0, 0.05) is 25.7 Å². The Labute approximate surface area is 108 Å². The van der Waals surface area contributed by atoms with E-state index in [1.165, 1.54) is 0 Å². The van der Waals surface area contributed by atoms with E-state index >= 15 is 0 Å². The molecule has 5 heteroatoms. The van der Waals surface area contributed by atoms with E-state index in [1.807, 2.05) is 19.1 Å². The van der Waals surface area contributed by atoms with E-state index < -0.39 is 0 Å². The summed E-state index contributed by atoms with van der Waals surface area (Å²) < 4.78 is 5.56. The molecule has 0 aliphatic carbocycles. The lowest BCUT2D eigenvalue weighted by molar-refractivity contribution is 0.339. The van der Waals surface area contributed by atoms with Crippen molar-refractivity contribution in [1.29, 1.82) is 0 Å². The molecule has 94 valence electrons. The molecule has 1 rings (SSSR count). The second-order valence-electron chi connectivity index (χ2n) is 3.55. The fourth-order valence-corrected chi connectivity index (χ4v) is 1.64. The zero-order valence-electron chi connectivity index (χ0n) is 10.3. The Hall–Kier alpha value is -1.36. The summed E-state index contributed by atoms with van der Waals surface area (Å²) in [5.74, 6) is 1.66. The lowest BCUT2D eigenvalue weighted by Gasteiger charge is -2.23. The van der Waals surface area contributed by atoms with E-state index in [4.69, 9.17) is 22.7 Å². The molecule has 0 aromatic carbocycles. The normalized spacial score (nSPS) is 10.0. The smallest absolute Gasteiger partial charge is 0.171 e. The summed E-state index contributed by atoms with van der Waals surface area (Å²) in [7, 11) is 0. The number of ether oxygens (including phenoxy) is 1. The number of aromatic nitrogens is 1. The summed E-state index contributed by atoms with van der Waals surface area (Å²) in [6, 6.07) is 3.80. The lowest BCUT2D eigenvalue weighted by atomic mass is 10.3. The Balaban J connectivity index is 2.82. The molecule has 1 aromatic heterocycles. The van der Waals surface area contributed by atoms with Crippen molar-refractivity contribution in [3.8, 4) is 5.75 Å². The fourth-order valence-electron chi connectivity index (χ4n) is 1.55. The Morgan fingerprint density at radius 3 is 2.88 bits per heavy atom. The van der Waals surface area contributed by atoms with Crippen molar-refractivity contribution in [2.24, 2.45) is 5.73 Å². The highest BCUT2D eigenvalue weighted by molar-refractivity contribution is 7.80. The van der Waals surface area contributed by atoms with Crippen molar-refractivity contribution in [2.75, 3.05) is 24.6 Å². The molecule has 4 nitrogen and oxygen atoms in total. The van der Waals surface area contributed by atoms with Gasteiger partial charge in [0.1, 0.15) is 0 Å². The molecule has 0 amide bonds. The fraction of sp³-hybridized carbons (Fsp3) is 0.500. The average molecular weight is 253 g/mol. The van der Waals surface area contributed by atoms with Gasteiger partial charge in [0.15, 0.2) is 11.6 Å². The number of pyridine rings is 1. The largest absolute Gasteiger partial charge is 0.490 e. The molecule has 2 N–H and O–H groups in total.